The first-order valence-electron chi connectivity index (χ1n) is 10.5. The highest BCUT2D eigenvalue weighted by molar-refractivity contribution is 5.81. The summed E-state index contributed by atoms with van der Waals surface area (Å²) < 4.78 is 12.2. The van der Waals surface area contributed by atoms with Gasteiger partial charge in [0, 0.05) is 11.6 Å². The smallest absolute Gasteiger partial charge is 0.307 e. The fourth-order valence-electron chi connectivity index (χ4n) is 3.55. The van der Waals surface area contributed by atoms with Crippen molar-refractivity contribution in [1.29, 1.82) is 0 Å². The minimum absolute atomic E-state index is 0.130. The van der Waals surface area contributed by atoms with E-state index in [4.69, 9.17) is 9.47 Å². The van der Waals surface area contributed by atoms with Crippen molar-refractivity contribution in [2.24, 2.45) is 0 Å². The molecule has 0 saturated heterocycles. The Morgan fingerprint density at radius 3 is 1.78 bits per heavy atom. The molecule has 0 saturated carbocycles. The first kappa shape index (κ1) is 21.2. The second kappa shape index (κ2) is 10.3. The van der Waals surface area contributed by atoms with Gasteiger partial charge in [-0.15, -0.1) is 0 Å². The zero-order chi connectivity index (χ0) is 22.2. The molecule has 0 spiro atoms. The van der Waals surface area contributed by atoms with Crippen LogP contribution in [0.4, 0.5) is 0 Å². The summed E-state index contributed by atoms with van der Waals surface area (Å²) in [4.78, 5) is 11.7. The molecule has 0 aliphatic rings. The van der Waals surface area contributed by atoms with E-state index in [2.05, 4.69) is 0 Å². The third kappa shape index (κ3) is 5.55. The Hall–Kier alpha value is -4.05. The van der Waals surface area contributed by atoms with Crippen molar-refractivity contribution in [3.63, 3.8) is 0 Å². The molecule has 0 unspecified atom stereocenters. The topological polar surface area (TPSA) is 55.8 Å². The van der Waals surface area contributed by atoms with Gasteiger partial charge in [0.05, 0.1) is 6.42 Å². The lowest BCUT2D eigenvalue weighted by atomic mass is 9.96. The second-order valence-electron chi connectivity index (χ2n) is 7.44. The van der Waals surface area contributed by atoms with Crippen LogP contribution in [-0.2, 0) is 24.4 Å². The number of ether oxygens (including phenoxy) is 2. The second-order valence-corrected chi connectivity index (χ2v) is 7.44. The van der Waals surface area contributed by atoms with Crippen molar-refractivity contribution in [3.05, 3.63) is 120 Å². The quantitative estimate of drug-likeness (QED) is 0.351. The summed E-state index contributed by atoms with van der Waals surface area (Å²) in [5.74, 6) is 0.270. The molecule has 0 bridgehead atoms. The lowest BCUT2D eigenvalue weighted by molar-refractivity contribution is -0.136. The van der Waals surface area contributed by atoms with Gasteiger partial charge < -0.3 is 14.6 Å². The summed E-state index contributed by atoms with van der Waals surface area (Å²) in [6.07, 6.45) is -0.130. The van der Waals surface area contributed by atoms with Crippen molar-refractivity contribution in [2.75, 3.05) is 0 Å². The van der Waals surface area contributed by atoms with Crippen molar-refractivity contribution >= 4 is 5.97 Å². The van der Waals surface area contributed by atoms with E-state index in [1.54, 1.807) is 6.07 Å². The van der Waals surface area contributed by atoms with E-state index in [0.717, 1.165) is 22.3 Å². The molecule has 0 aliphatic heterocycles. The van der Waals surface area contributed by atoms with Crippen molar-refractivity contribution in [1.82, 2.24) is 0 Å². The third-order valence-corrected chi connectivity index (χ3v) is 5.05. The van der Waals surface area contributed by atoms with Gasteiger partial charge in [0.15, 0.2) is 0 Å². The Labute approximate surface area is 187 Å². The number of carbonyl (C=O) groups is 1. The van der Waals surface area contributed by atoms with Crippen LogP contribution in [0.3, 0.4) is 0 Å². The summed E-state index contributed by atoms with van der Waals surface area (Å²) in [5, 5.41) is 9.55. The number of hydrogen-bond donors (Lipinski definition) is 1. The summed E-state index contributed by atoms with van der Waals surface area (Å²) >= 11 is 0. The molecule has 4 heteroatoms. The Morgan fingerprint density at radius 2 is 1.22 bits per heavy atom. The summed E-state index contributed by atoms with van der Waals surface area (Å²) in [6.45, 7) is 0.755. The van der Waals surface area contributed by atoms with E-state index in [0.29, 0.717) is 30.3 Å². The Balaban J connectivity index is 1.72. The number of rotatable bonds is 9. The van der Waals surface area contributed by atoms with Crippen LogP contribution in [0.2, 0.25) is 0 Å². The molecule has 0 aliphatic carbocycles. The predicted octanol–water partition coefficient (Wildman–Crippen LogP) is 6.14. The van der Waals surface area contributed by atoms with E-state index in [1.165, 1.54) is 0 Å². The zero-order valence-electron chi connectivity index (χ0n) is 17.6. The number of carboxylic acid groups (broad SMARTS) is 1. The van der Waals surface area contributed by atoms with Crippen molar-refractivity contribution in [3.8, 4) is 22.6 Å². The maximum absolute atomic E-state index is 11.7. The van der Waals surface area contributed by atoms with Gasteiger partial charge in [-0.3, -0.25) is 4.79 Å². The largest absolute Gasteiger partial charge is 0.489 e. The van der Waals surface area contributed by atoms with Gasteiger partial charge in [-0.2, -0.15) is 0 Å². The SMILES string of the molecule is O=C(O)Cc1cc(OCc2ccccc2)cc(OCc2ccccc2)c1-c1ccccc1. The minimum atomic E-state index is -0.906. The van der Waals surface area contributed by atoms with Crippen LogP contribution in [0.5, 0.6) is 11.5 Å². The van der Waals surface area contributed by atoms with Crippen LogP contribution in [0.25, 0.3) is 11.1 Å². The standard InChI is InChI=1S/C28H24O4/c29-27(30)17-24-16-25(31-19-21-10-4-1-5-11-21)18-26(28(24)23-14-8-3-9-15-23)32-20-22-12-6-2-7-13-22/h1-16,18H,17,19-20H2,(H,29,30). The molecule has 0 atom stereocenters. The Bertz CT molecular complexity index is 1160. The van der Waals surface area contributed by atoms with E-state index in [1.807, 2.05) is 97.1 Å². The average molecular weight is 424 g/mol. The van der Waals surface area contributed by atoms with Crippen LogP contribution >= 0.6 is 0 Å². The number of benzene rings is 4. The predicted molar refractivity (Wildman–Crippen MR) is 125 cm³/mol. The molecule has 0 amide bonds. The number of hydrogen-bond acceptors (Lipinski definition) is 3. The molecule has 0 heterocycles. The number of aliphatic carboxylic acids is 1. The van der Waals surface area contributed by atoms with Gasteiger partial charge in [0.2, 0.25) is 0 Å². The van der Waals surface area contributed by atoms with Crippen LogP contribution < -0.4 is 9.47 Å². The normalized spacial score (nSPS) is 10.5. The van der Waals surface area contributed by atoms with Crippen LogP contribution in [0.1, 0.15) is 16.7 Å². The lowest BCUT2D eigenvalue weighted by Crippen LogP contribution is -2.06. The first-order chi connectivity index (χ1) is 15.7. The maximum Gasteiger partial charge on any atom is 0.307 e. The summed E-state index contributed by atoms with van der Waals surface area (Å²) in [6, 6.07) is 33.1. The molecule has 0 fully saturated rings. The lowest BCUT2D eigenvalue weighted by Gasteiger charge is -2.18. The molecule has 4 nitrogen and oxygen atoms in total. The molecule has 0 aromatic heterocycles. The van der Waals surface area contributed by atoms with Gasteiger partial charge in [-0.25, -0.2) is 0 Å². The monoisotopic (exact) mass is 424 g/mol. The van der Waals surface area contributed by atoms with Gasteiger partial charge in [0.25, 0.3) is 0 Å². The van der Waals surface area contributed by atoms with Gasteiger partial charge in [-0.1, -0.05) is 91.0 Å². The molecule has 4 rings (SSSR count). The fraction of sp³-hybridized carbons (Fsp3) is 0.107. The minimum Gasteiger partial charge on any atom is -0.489 e. The molecular weight excluding hydrogens is 400 g/mol. The first-order valence-corrected chi connectivity index (χ1v) is 10.5. The van der Waals surface area contributed by atoms with Crippen molar-refractivity contribution < 1.29 is 19.4 Å². The van der Waals surface area contributed by atoms with E-state index in [9.17, 15) is 9.90 Å². The van der Waals surface area contributed by atoms with Gasteiger partial charge in [0.1, 0.15) is 24.7 Å². The zero-order valence-corrected chi connectivity index (χ0v) is 17.6. The van der Waals surface area contributed by atoms with Crippen LogP contribution in [0, 0.1) is 0 Å². The van der Waals surface area contributed by atoms with E-state index in [-0.39, 0.29) is 6.42 Å². The molecule has 4 aromatic rings. The molecule has 32 heavy (non-hydrogen) atoms. The highest BCUT2D eigenvalue weighted by Gasteiger charge is 2.17. The molecule has 4 aromatic carbocycles. The van der Waals surface area contributed by atoms with Gasteiger partial charge >= 0.3 is 5.97 Å². The Morgan fingerprint density at radius 1 is 0.688 bits per heavy atom. The molecule has 160 valence electrons. The average Bonchev–Trinajstić information content (AvgIpc) is 2.83. The summed E-state index contributed by atoms with van der Waals surface area (Å²) in [7, 11) is 0. The van der Waals surface area contributed by atoms with E-state index >= 15 is 0 Å². The molecule has 1 N–H and O–H groups in total. The van der Waals surface area contributed by atoms with Crippen LogP contribution in [-0.4, -0.2) is 11.1 Å². The van der Waals surface area contributed by atoms with Gasteiger partial charge in [-0.05, 0) is 28.3 Å². The summed E-state index contributed by atoms with van der Waals surface area (Å²) in [5.41, 5.74) is 4.39. The molecular formula is C28H24O4. The van der Waals surface area contributed by atoms with Crippen LogP contribution in [0.15, 0.2) is 103 Å². The third-order valence-electron chi connectivity index (χ3n) is 5.05. The van der Waals surface area contributed by atoms with E-state index < -0.39 is 5.97 Å². The maximum atomic E-state index is 11.7. The highest BCUT2D eigenvalue weighted by Crippen LogP contribution is 2.38. The van der Waals surface area contributed by atoms with Crippen molar-refractivity contribution in [2.45, 2.75) is 19.6 Å². The highest BCUT2D eigenvalue weighted by atomic mass is 16.5. The molecule has 0 radical (unpaired) electrons. The fourth-order valence-corrected chi connectivity index (χ4v) is 3.55. The number of carboxylic acids is 1. The Kier molecular flexibility index (Phi) is 6.83.